The third-order valence-electron chi connectivity index (χ3n) is 7.72. The minimum Gasteiger partial charge on any atom is -0.492 e. The highest BCUT2D eigenvalue weighted by atomic mass is 16.5. The number of carbonyl (C=O) groups excluding carboxylic acids is 2. The molecule has 0 radical (unpaired) electrons. The molecule has 2 aromatic heterocycles. The number of carbonyl (C=O) groups is 2. The molecule has 0 saturated carbocycles. The number of likely N-dealkylation sites (tertiary alicyclic amines) is 1. The summed E-state index contributed by atoms with van der Waals surface area (Å²) in [6, 6.07) is 16.9. The Balaban J connectivity index is 1.32. The van der Waals surface area contributed by atoms with Crippen molar-refractivity contribution in [3.05, 3.63) is 90.0 Å². The molecular weight excluding hydrogens is 528 g/mol. The maximum atomic E-state index is 13.1. The Morgan fingerprint density at radius 3 is 2.76 bits per heavy atom. The number of hydrogen-bond acceptors (Lipinski definition) is 6. The van der Waals surface area contributed by atoms with E-state index in [9.17, 15) is 14.9 Å². The predicted octanol–water partition coefficient (Wildman–Crippen LogP) is 5.54. The lowest BCUT2D eigenvalue weighted by atomic mass is 9.85. The molecule has 9 nitrogen and oxygen atoms in total. The van der Waals surface area contributed by atoms with Crippen molar-refractivity contribution in [1.29, 1.82) is 5.26 Å². The van der Waals surface area contributed by atoms with E-state index in [1.54, 1.807) is 48.4 Å². The molecule has 2 amide bonds. The first-order valence-electron chi connectivity index (χ1n) is 14.0. The number of nitrogens with zero attached hydrogens (tertiary/aromatic N) is 5. The maximum absolute atomic E-state index is 13.1. The van der Waals surface area contributed by atoms with Crippen LogP contribution in [0.4, 0.5) is 5.69 Å². The van der Waals surface area contributed by atoms with Gasteiger partial charge in [0.2, 0.25) is 5.91 Å². The molecule has 0 aliphatic carbocycles. The number of aromatic nitrogens is 3. The van der Waals surface area contributed by atoms with E-state index in [2.05, 4.69) is 21.5 Å². The van der Waals surface area contributed by atoms with Crippen molar-refractivity contribution >= 4 is 17.5 Å². The first kappa shape index (κ1) is 28.6. The van der Waals surface area contributed by atoms with Crippen molar-refractivity contribution in [2.75, 3.05) is 25.0 Å². The van der Waals surface area contributed by atoms with Gasteiger partial charge in [-0.2, -0.15) is 10.4 Å². The topological polar surface area (TPSA) is 113 Å². The fourth-order valence-electron chi connectivity index (χ4n) is 5.03. The average Bonchev–Trinajstić information content (AvgIpc) is 3.68. The lowest BCUT2D eigenvalue weighted by molar-refractivity contribution is -0.127. The molecule has 9 heteroatoms. The number of pyridine rings is 1. The van der Waals surface area contributed by atoms with Gasteiger partial charge in [-0.25, -0.2) is 4.68 Å². The normalized spacial score (nSPS) is 14.8. The maximum Gasteiger partial charge on any atom is 0.255 e. The Kier molecular flexibility index (Phi) is 8.07. The van der Waals surface area contributed by atoms with Gasteiger partial charge in [0.1, 0.15) is 5.75 Å². The molecule has 1 N–H and O–H groups in total. The van der Waals surface area contributed by atoms with Crippen molar-refractivity contribution in [3.8, 4) is 28.6 Å². The van der Waals surface area contributed by atoms with E-state index >= 15 is 0 Å². The number of aryl methyl sites for hydroxylation is 1. The Bertz CT molecular complexity index is 1670. The van der Waals surface area contributed by atoms with Crippen LogP contribution in [0.15, 0.2) is 73.3 Å². The quantitative estimate of drug-likeness (QED) is 0.302. The van der Waals surface area contributed by atoms with Crippen LogP contribution in [0.3, 0.4) is 0 Å². The van der Waals surface area contributed by atoms with Gasteiger partial charge < -0.3 is 15.0 Å². The second-order valence-electron chi connectivity index (χ2n) is 11.2. The first-order valence-corrected chi connectivity index (χ1v) is 14.0. The predicted molar refractivity (Wildman–Crippen MR) is 160 cm³/mol. The van der Waals surface area contributed by atoms with Crippen LogP contribution >= 0.6 is 0 Å². The van der Waals surface area contributed by atoms with E-state index in [-0.39, 0.29) is 11.8 Å². The van der Waals surface area contributed by atoms with Gasteiger partial charge in [0.15, 0.2) is 0 Å². The summed E-state index contributed by atoms with van der Waals surface area (Å²) in [6.07, 6.45) is 8.07. The fourth-order valence-corrected chi connectivity index (χ4v) is 5.03. The summed E-state index contributed by atoms with van der Waals surface area (Å²) in [6.45, 7) is 9.24. The molecule has 1 aliphatic rings. The molecule has 2 aromatic carbocycles. The average molecular weight is 563 g/mol. The number of benzene rings is 2. The highest BCUT2D eigenvalue weighted by molar-refractivity contribution is 6.04. The highest BCUT2D eigenvalue weighted by Gasteiger charge is 2.25. The SMILES string of the molecule is CC(=O)N1CCC(COc2ccncc2-c2cnn(-c3cc(NC(=O)c4cccc(C(C)(C)C#N)c4)ccc3C)c2)C1. The second kappa shape index (κ2) is 11.9. The van der Waals surface area contributed by atoms with Gasteiger partial charge in [0, 0.05) is 66.9 Å². The number of anilines is 1. The third-order valence-corrected chi connectivity index (χ3v) is 7.72. The van der Waals surface area contributed by atoms with Gasteiger partial charge >= 0.3 is 0 Å². The van der Waals surface area contributed by atoms with E-state index in [0.717, 1.165) is 40.9 Å². The largest absolute Gasteiger partial charge is 0.492 e. The van der Waals surface area contributed by atoms with Crippen molar-refractivity contribution in [3.63, 3.8) is 0 Å². The van der Waals surface area contributed by atoms with Crippen LogP contribution in [0.5, 0.6) is 5.75 Å². The monoisotopic (exact) mass is 562 g/mol. The van der Waals surface area contributed by atoms with Crippen LogP contribution in [-0.2, 0) is 10.2 Å². The Morgan fingerprint density at radius 1 is 1.17 bits per heavy atom. The molecular formula is C33H34N6O3. The fraction of sp³-hybridized carbons (Fsp3) is 0.303. The number of amides is 2. The van der Waals surface area contributed by atoms with Crippen LogP contribution in [0.1, 0.15) is 48.7 Å². The summed E-state index contributed by atoms with van der Waals surface area (Å²) in [5.41, 5.74) is 4.68. The van der Waals surface area contributed by atoms with Crippen LogP contribution in [0.2, 0.25) is 0 Å². The lowest BCUT2D eigenvalue weighted by Gasteiger charge is -2.16. The molecule has 42 heavy (non-hydrogen) atoms. The van der Waals surface area contributed by atoms with Gasteiger partial charge in [0.05, 0.1) is 30.0 Å². The van der Waals surface area contributed by atoms with Gasteiger partial charge in [-0.15, -0.1) is 0 Å². The molecule has 1 atom stereocenters. The van der Waals surface area contributed by atoms with Crippen LogP contribution in [0, 0.1) is 24.2 Å². The van der Waals surface area contributed by atoms with Gasteiger partial charge in [-0.3, -0.25) is 14.6 Å². The second-order valence-corrected chi connectivity index (χ2v) is 11.2. The third kappa shape index (κ3) is 6.18. The van der Waals surface area contributed by atoms with Crippen molar-refractivity contribution < 1.29 is 14.3 Å². The number of nitriles is 1. The first-order chi connectivity index (χ1) is 20.1. The standard InChI is InChI=1S/C33H34N6O3/c1-22-8-9-28(37-32(41)25-6-5-7-27(14-25)33(3,4)21-34)15-30(22)39-19-26(16-36-39)29-17-35-12-10-31(29)42-20-24-11-13-38(18-24)23(2)40/h5-10,12,14-17,19,24H,11,13,18,20H2,1-4H3,(H,37,41). The van der Waals surface area contributed by atoms with Gasteiger partial charge in [-0.05, 0) is 68.7 Å². The zero-order valence-electron chi connectivity index (χ0n) is 24.3. The smallest absolute Gasteiger partial charge is 0.255 e. The molecule has 5 rings (SSSR count). The number of rotatable bonds is 8. The van der Waals surface area contributed by atoms with Crippen molar-refractivity contribution in [2.24, 2.45) is 5.92 Å². The molecule has 1 aliphatic heterocycles. The van der Waals surface area contributed by atoms with E-state index in [1.165, 1.54) is 0 Å². The van der Waals surface area contributed by atoms with E-state index < -0.39 is 5.41 Å². The van der Waals surface area contributed by atoms with Crippen LogP contribution in [-0.4, -0.2) is 51.2 Å². The Labute approximate surface area is 245 Å². The summed E-state index contributed by atoms with van der Waals surface area (Å²) >= 11 is 0. The number of ether oxygens (including phenoxy) is 1. The van der Waals surface area contributed by atoms with Gasteiger partial charge in [0.25, 0.3) is 5.91 Å². The molecule has 0 bridgehead atoms. The highest BCUT2D eigenvalue weighted by Crippen LogP contribution is 2.31. The van der Waals surface area contributed by atoms with Crippen LogP contribution in [0.25, 0.3) is 16.8 Å². The molecule has 4 aromatic rings. The molecule has 0 spiro atoms. The van der Waals surface area contributed by atoms with Crippen LogP contribution < -0.4 is 10.1 Å². The van der Waals surface area contributed by atoms with E-state index in [0.29, 0.717) is 36.1 Å². The molecule has 3 heterocycles. The van der Waals surface area contributed by atoms with Gasteiger partial charge in [-0.1, -0.05) is 18.2 Å². The zero-order valence-corrected chi connectivity index (χ0v) is 24.3. The van der Waals surface area contributed by atoms with E-state index in [1.807, 2.05) is 62.2 Å². The number of hydrogen-bond donors (Lipinski definition) is 1. The minimum atomic E-state index is -0.697. The van der Waals surface area contributed by atoms with E-state index in [4.69, 9.17) is 4.74 Å². The van der Waals surface area contributed by atoms with Crippen molar-refractivity contribution in [1.82, 2.24) is 19.7 Å². The summed E-state index contributed by atoms with van der Waals surface area (Å²) in [4.78, 5) is 30.9. The summed E-state index contributed by atoms with van der Waals surface area (Å²) < 4.78 is 7.98. The molecule has 1 saturated heterocycles. The zero-order chi connectivity index (χ0) is 29.9. The number of nitrogens with one attached hydrogen (secondary N) is 1. The lowest BCUT2D eigenvalue weighted by Crippen LogP contribution is -2.26. The summed E-state index contributed by atoms with van der Waals surface area (Å²) in [7, 11) is 0. The molecule has 1 fully saturated rings. The molecule has 214 valence electrons. The molecule has 1 unspecified atom stereocenters. The Hall–Kier alpha value is -4.97. The summed E-state index contributed by atoms with van der Waals surface area (Å²) in [5, 5.41) is 17.1. The minimum absolute atomic E-state index is 0.0993. The Morgan fingerprint density at radius 2 is 2.00 bits per heavy atom. The summed E-state index contributed by atoms with van der Waals surface area (Å²) in [5.74, 6) is 0.846. The van der Waals surface area contributed by atoms with Crippen molar-refractivity contribution in [2.45, 2.75) is 39.5 Å².